The molecule has 2 aliphatic heterocycles. The van der Waals surface area contributed by atoms with Crippen molar-refractivity contribution in [2.24, 2.45) is 11.7 Å². The molecule has 0 aromatic heterocycles. The number of fused-ring (bicyclic) bond motifs is 2. The first-order valence-corrected chi connectivity index (χ1v) is 13.6. The van der Waals surface area contributed by atoms with Gasteiger partial charge in [0.25, 0.3) is 5.91 Å². The fourth-order valence-corrected chi connectivity index (χ4v) is 5.91. The van der Waals surface area contributed by atoms with Gasteiger partial charge in [-0.3, -0.25) is 4.79 Å². The molecule has 6 nitrogen and oxygen atoms in total. The van der Waals surface area contributed by atoms with Crippen LogP contribution in [0.1, 0.15) is 59.3 Å². The molecule has 2 heterocycles. The number of ether oxygens (including phenoxy) is 1. The number of hydrogen-bond acceptors (Lipinski definition) is 5. The average Bonchev–Trinajstić information content (AvgIpc) is 2.93. The van der Waals surface area contributed by atoms with Crippen LogP contribution in [0.3, 0.4) is 0 Å². The van der Waals surface area contributed by atoms with Crippen molar-refractivity contribution in [1.82, 2.24) is 10.2 Å². The number of carbonyl (C=O) groups is 1. The highest BCUT2D eigenvalue weighted by Gasteiger charge is 2.35. The Hall–Kier alpha value is -2.93. The van der Waals surface area contributed by atoms with E-state index < -0.39 is 0 Å². The van der Waals surface area contributed by atoms with Crippen LogP contribution in [0.5, 0.6) is 5.75 Å². The molecule has 1 fully saturated rings. The lowest BCUT2D eigenvalue weighted by atomic mass is 9.83. The summed E-state index contributed by atoms with van der Waals surface area (Å²) in [5.74, 6) is 0.851. The maximum atomic E-state index is 12.8. The number of hydrogen-bond donors (Lipinski definition) is 3. The number of nitrogens with two attached hydrogens (primary N) is 1. The van der Waals surface area contributed by atoms with Gasteiger partial charge >= 0.3 is 0 Å². The lowest BCUT2D eigenvalue weighted by Gasteiger charge is -2.40. The Morgan fingerprint density at radius 1 is 1.14 bits per heavy atom. The maximum absolute atomic E-state index is 12.8. The third-order valence-electron chi connectivity index (χ3n) is 8.25. The van der Waals surface area contributed by atoms with E-state index in [4.69, 9.17) is 10.5 Å². The first-order chi connectivity index (χ1) is 17.9. The van der Waals surface area contributed by atoms with Crippen molar-refractivity contribution in [3.63, 3.8) is 0 Å². The third-order valence-corrected chi connectivity index (χ3v) is 8.25. The summed E-state index contributed by atoms with van der Waals surface area (Å²) >= 11 is 0. The minimum Gasteiger partial charge on any atom is -0.507 e. The molecule has 5 rings (SSSR count). The predicted octanol–water partition coefficient (Wildman–Crippen LogP) is 4.72. The normalized spacial score (nSPS) is 21.5. The number of phenols is 1. The first-order valence-electron chi connectivity index (χ1n) is 13.6. The zero-order valence-corrected chi connectivity index (χ0v) is 22.0. The van der Waals surface area contributed by atoms with Crippen molar-refractivity contribution in [1.29, 1.82) is 0 Å². The molecule has 0 aliphatic carbocycles. The summed E-state index contributed by atoms with van der Waals surface area (Å²) in [6, 6.07) is 18.1. The van der Waals surface area contributed by atoms with Crippen LogP contribution in [0.2, 0.25) is 0 Å². The molecule has 3 aromatic rings. The van der Waals surface area contributed by atoms with Crippen LogP contribution in [-0.4, -0.2) is 54.2 Å². The van der Waals surface area contributed by atoms with E-state index in [2.05, 4.69) is 29.3 Å². The van der Waals surface area contributed by atoms with Crippen LogP contribution < -0.4 is 11.1 Å². The van der Waals surface area contributed by atoms with Crippen molar-refractivity contribution in [3.8, 4) is 5.75 Å². The van der Waals surface area contributed by atoms with E-state index in [1.54, 1.807) is 0 Å². The number of piperidine rings is 1. The van der Waals surface area contributed by atoms with Crippen molar-refractivity contribution in [2.45, 2.75) is 57.8 Å². The Kier molecular flexibility index (Phi) is 7.79. The van der Waals surface area contributed by atoms with E-state index >= 15 is 0 Å². The van der Waals surface area contributed by atoms with E-state index in [0.717, 1.165) is 72.8 Å². The highest BCUT2D eigenvalue weighted by Crippen LogP contribution is 2.40. The lowest BCUT2D eigenvalue weighted by Crippen LogP contribution is -2.43. The minimum absolute atomic E-state index is 0.0142. The summed E-state index contributed by atoms with van der Waals surface area (Å²) in [5.41, 5.74) is 9.71. The molecule has 1 saturated heterocycles. The summed E-state index contributed by atoms with van der Waals surface area (Å²) in [5, 5.41) is 16.1. The van der Waals surface area contributed by atoms with Crippen molar-refractivity contribution < 1.29 is 14.6 Å². The number of benzene rings is 3. The number of likely N-dealkylation sites (tertiary alicyclic amines) is 1. The largest absolute Gasteiger partial charge is 0.507 e. The molecule has 6 heteroatoms. The monoisotopic (exact) mass is 501 g/mol. The molecule has 2 unspecified atom stereocenters. The van der Waals surface area contributed by atoms with Gasteiger partial charge in [0.15, 0.2) is 0 Å². The number of carbonyl (C=O) groups excluding carboxylic acids is 1. The van der Waals surface area contributed by atoms with Crippen molar-refractivity contribution >= 4 is 16.7 Å². The standard InChI is InChI=1S/C31H39N3O3/c1-20-7-10-26-27(30(20)35)18-28(37-29(26)19-32)23-12-15-34(16-13-23)14-11-21(2)33-31(36)25-9-8-22-5-3-4-6-24(22)17-25/h3-10,17,21,23,28-29,35H,11-16,18-19,32H2,1-2H3,(H,33,36)/t21?,28?,29-/m0/s1. The van der Waals surface area contributed by atoms with E-state index in [1.165, 1.54) is 0 Å². The molecule has 3 aromatic carbocycles. The molecule has 2 aliphatic rings. The Balaban J connectivity index is 1.10. The van der Waals surface area contributed by atoms with Crippen LogP contribution in [0.25, 0.3) is 10.8 Å². The van der Waals surface area contributed by atoms with Gasteiger partial charge < -0.3 is 25.8 Å². The number of rotatable bonds is 7. The van der Waals surface area contributed by atoms with Gasteiger partial charge in [0.1, 0.15) is 5.75 Å². The molecule has 0 bridgehead atoms. The third kappa shape index (κ3) is 5.66. The van der Waals surface area contributed by atoms with Gasteiger partial charge in [0.05, 0.1) is 12.2 Å². The van der Waals surface area contributed by atoms with Gasteiger partial charge in [-0.25, -0.2) is 0 Å². The molecule has 0 spiro atoms. The molecule has 1 amide bonds. The first kappa shape index (κ1) is 25.7. The van der Waals surface area contributed by atoms with Gasteiger partial charge in [-0.1, -0.05) is 42.5 Å². The van der Waals surface area contributed by atoms with E-state index in [0.29, 0.717) is 23.8 Å². The Morgan fingerprint density at radius 2 is 1.89 bits per heavy atom. The topological polar surface area (TPSA) is 87.8 Å². The minimum atomic E-state index is -0.148. The van der Waals surface area contributed by atoms with Crippen LogP contribution >= 0.6 is 0 Å². The van der Waals surface area contributed by atoms with Crippen molar-refractivity contribution in [3.05, 3.63) is 76.9 Å². The summed E-state index contributed by atoms with van der Waals surface area (Å²) in [6.45, 7) is 7.46. The molecule has 37 heavy (non-hydrogen) atoms. The van der Waals surface area contributed by atoms with E-state index in [-0.39, 0.29) is 24.2 Å². The van der Waals surface area contributed by atoms with Crippen LogP contribution in [0.4, 0.5) is 0 Å². The lowest BCUT2D eigenvalue weighted by molar-refractivity contribution is -0.0647. The second-order valence-corrected chi connectivity index (χ2v) is 10.8. The number of nitrogens with zero attached hydrogens (tertiary/aromatic N) is 1. The van der Waals surface area contributed by atoms with Gasteiger partial charge in [0, 0.05) is 36.7 Å². The van der Waals surface area contributed by atoms with Gasteiger partial charge in [0.2, 0.25) is 0 Å². The highest BCUT2D eigenvalue weighted by molar-refractivity contribution is 5.98. The SMILES string of the molecule is Cc1ccc2c(c1O)CC(C1CCN(CCC(C)NC(=O)c3ccc4ccccc4c3)CC1)O[C@H]2CN. The second kappa shape index (κ2) is 11.2. The fourth-order valence-electron chi connectivity index (χ4n) is 5.91. The van der Waals surface area contributed by atoms with Gasteiger partial charge in [-0.15, -0.1) is 0 Å². The van der Waals surface area contributed by atoms with Crippen molar-refractivity contribution in [2.75, 3.05) is 26.2 Å². The Bertz CT molecular complexity index is 1250. The quantitative estimate of drug-likeness (QED) is 0.436. The summed E-state index contributed by atoms with van der Waals surface area (Å²) < 4.78 is 6.44. The molecule has 3 atom stereocenters. The molecule has 4 N–H and O–H groups in total. The van der Waals surface area contributed by atoms with E-state index in [1.807, 2.05) is 49.4 Å². The number of aryl methyl sites for hydroxylation is 1. The highest BCUT2D eigenvalue weighted by atomic mass is 16.5. The van der Waals surface area contributed by atoms with Crippen LogP contribution in [-0.2, 0) is 11.2 Å². The number of amides is 1. The number of phenolic OH excluding ortho intramolecular Hbond substituents is 1. The predicted molar refractivity (Wildman–Crippen MR) is 148 cm³/mol. The second-order valence-electron chi connectivity index (χ2n) is 10.8. The van der Waals surface area contributed by atoms with E-state index in [9.17, 15) is 9.90 Å². The summed E-state index contributed by atoms with van der Waals surface area (Å²) in [7, 11) is 0. The number of aromatic hydroxyl groups is 1. The average molecular weight is 502 g/mol. The zero-order chi connectivity index (χ0) is 25.9. The maximum Gasteiger partial charge on any atom is 0.251 e. The number of nitrogens with one attached hydrogen (secondary N) is 1. The Morgan fingerprint density at radius 3 is 2.65 bits per heavy atom. The van der Waals surface area contributed by atoms with Crippen LogP contribution in [0, 0.1) is 12.8 Å². The Labute approximate surface area is 219 Å². The molecular formula is C31H39N3O3. The summed E-state index contributed by atoms with van der Waals surface area (Å²) in [4.78, 5) is 15.3. The molecular weight excluding hydrogens is 462 g/mol. The zero-order valence-electron chi connectivity index (χ0n) is 22.0. The smallest absolute Gasteiger partial charge is 0.251 e. The van der Waals surface area contributed by atoms with Gasteiger partial charge in [-0.05, 0) is 86.1 Å². The summed E-state index contributed by atoms with van der Waals surface area (Å²) in [6.07, 6.45) is 3.76. The molecule has 196 valence electrons. The van der Waals surface area contributed by atoms with Crippen LogP contribution in [0.15, 0.2) is 54.6 Å². The molecule has 0 radical (unpaired) electrons. The molecule has 0 saturated carbocycles. The fraction of sp³-hybridized carbons (Fsp3) is 0.452. The van der Waals surface area contributed by atoms with Gasteiger partial charge in [-0.2, -0.15) is 0 Å².